The van der Waals surface area contributed by atoms with Crippen molar-refractivity contribution in [2.24, 2.45) is 0 Å². The van der Waals surface area contributed by atoms with E-state index in [1.807, 2.05) is 19.1 Å². The van der Waals surface area contributed by atoms with Crippen molar-refractivity contribution < 1.29 is 13.2 Å². The lowest BCUT2D eigenvalue weighted by molar-refractivity contribution is 0.415. The third-order valence-corrected chi connectivity index (χ3v) is 5.67. The van der Waals surface area contributed by atoms with Gasteiger partial charge in [-0.25, -0.2) is 8.42 Å². The molecule has 0 spiro atoms. The van der Waals surface area contributed by atoms with Crippen LogP contribution >= 0.6 is 11.6 Å². The van der Waals surface area contributed by atoms with Crippen LogP contribution in [0.3, 0.4) is 0 Å². The van der Waals surface area contributed by atoms with Gasteiger partial charge in [-0.3, -0.25) is 0 Å². The second-order valence-electron chi connectivity index (χ2n) is 5.35. The Kier molecular flexibility index (Phi) is 6.04. The summed E-state index contributed by atoms with van der Waals surface area (Å²) >= 11 is 6.08. The van der Waals surface area contributed by atoms with E-state index < -0.39 is 9.84 Å². The van der Waals surface area contributed by atoms with Crippen molar-refractivity contribution in [2.45, 2.75) is 24.4 Å². The molecule has 2 rings (SSSR count). The molecule has 0 fully saturated rings. The summed E-state index contributed by atoms with van der Waals surface area (Å²) in [7, 11) is -1.73. The lowest BCUT2D eigenvalue weighted by atomic mass is 10.2. The fraction of sp³-hybridized carbons (Fsp3) is 0.294. The molecule has 0 saturated heterocycles. The molecule has 23 heavy (non-hydrogen) atoms. The van der Waals surface area contributed by atoms with Gasteiger partial charge in [0.1, 0.15) is 5.75 Å². The quantitative estimate of drug-likeness (QED) is 0.829. The maximum absolute atomic E-state index is 12.3. The lowest BCUT2D eigenvalue weighted by Gasteiger charge is -2.15. The summed E-state index contributed by atoms with van der Waals surface area (Å²) in [4.78, 5) is 0.348. The number of rotatable bonds is 7. The van der Waals surface area contributed by atoms with Crippen LogP contribution in [0.15, 0.2) is 53.4 Å². The number of sulfone groups is 1. The van der Waals surface area contributed by atoms with Crippen molar-refractivity contribution in [3.63, 3.8) is 0 Å². The minimum absolute atomic E-state index is 0.0426. The second kappa shape index (κ2) is 7.81. The van der Waals surface area contributed by atoms with E-state index in [0.717, 1.165) is 5.56 Å². The summed E-state index contributed by atoms with van der Waals surface area (Å²) < 4.78 is 29.7. The van der Waals surface area contributed by atoms with Crippen molar-refractivity contribution >= 4 is 21.4 Å². The van der Waals surface area contributed by atoms with Gasteiger partial charge >= 0.3 is 0 Å². The van der Waals surface area contributed by atoms with E-state index in [1.165, 1.54) is 0 Å². The molecule has 0 aliphatic carbocycles. The summed E-state index contributed by atoms with van der Waals surface area (Å²) in [6.07, 6.45) is 0. The van der Waals surface area contributed by atoms with Crippen molar-refractivity contribution in [3.8, 4) is 5.75 Å². The Morgan fingerprint density at radius 2 is 1.87 bits per heavy atom. The molecule has 0 radical (unpaired) electrons. The predicted molar refractivity (Wildman–Crippen MR) is 92.8 cm³/mol. The SMILES string of the molecule is COc1ccc(CN[C@H](C)CS(=O)(=O)c2ccccc2)cc1Cl. The zero-order chi connectivity index (χ0) is 16.9. The Hall–Kier alpha value is -1.56. The molecule has 1 atom stereocenters. The largest absolute Gasteiger partial charge is 0.495 e. The fourth-order valence-corrected chi connectivity index (χ4v) is 4.04. The van der Waals surface area contributed by atoms with E-state index in [-0.39, 0.29) is 11.8 Å². The van der Waals surface area contributed by atoms with Gasteiger partial charge in [-0.15, -0.1) is 0 Å². The molecule has 4 nitrogen and oxygen atoms in total. The Balaban J connectivity index is 1.95. The molecular formula is C17H20ClNO3S. The normalized spacial score (nSPS) is 12.8. The van der Waals surface area contributed by atoms with Gasteiger partial charge in [0, 0.05) is 12.6 Å². The Bertz CT molecular complexity index is 748. The Morgan fingerprint density at radius 1 is 1.17 bits per heavy atom. The average Bonchev–Trinajstić information content (AvgIpc) is 2.53. The first kappa shape index (κ1) is 17.8. The van der Waals surface area contributed by atoms with Gasteiger partial charge in [-0.2, -0.15) is 0 Å². The zero-order valence-electron chi connectivity index (χ0n) is 13.1. The maximum Gasteiger partial charge on any atom is 0.179 e. The van der Waals surface area contributed by atoms with Crippen LogP contribution in [0, 0.1) is 0 Å². The molecule has 124 valence electrons. The minimum Gasteiger partial charge on any atom is -0.495 e. The van der Waals surface area contributed by atoms with E-state index in [9.17, 15) is 8.42 Å². The van der Waals surface area contributed by atoms with E-state index in [0.29, 0.717) is 22.2 Å². The fourth-order valence-electron chi connectivity index (χ4n) is 2.22. The van der Waals surface area contributed by atoms with Crippen LogP contribution in [0.25, 0.3) is 0 Å². The highest BCUT2D eigenvalue weighted by molar-refractivity contribution is 7.91. The number of hydrogen-bond acceptors (Lipinski definition) is 4. The Labute approximate surface area is 142 Å². The highest BCUT2D eigenvalue weighted by atomic mass is 35.5. The average molecular weight is 354 g/mol. The number of hydrogen-bond donors (Lipinski definition) is 1. The van der Waals surface area contributed by atoms with Crippen LogP contribution < -0.4 is 10.1 Å². The van der Waals surface area contributed by atoms with Crippen LogP contribution in [-0.4, -0.2) is 27.3 Å². The molecule has 0 aliphatic heterocycles. The minimum atomic E-state index is -3.29. The van der Waals surface area contributed by atoms with Gasteiger partial charge in [-0.05, 0) is 36.8 Å². The smallest absolute Gasteiger partial charge is 0.179 e. The van der Waals surface area contributed by atoms with E-state index in [1.54, 1.807) is 43.5 Å². The third-order valence-electron chi connectivity index (χ3n) is 3.44. The van der Waals surface area contributed by atoms with Crippen molar-refractivity contribution in [3.05, 3.63) is 59.1 Å². The van der Waals surface area contributed by atoms with E-state index in [2.05, 4.69) is 5.32 Å². The molecule has 0 aliphatic rings. The molecule has 2 aromatic carbocycles. The molecule has 2 aromatic rings. The summed E-state index contributed by atoms with van der Waals surface area (Å²) in [5.41, 5.74) is 0.972. The topological polar surface area (TPSA) is 55.4 Å². The van der Waals surface area contributed by atoms with Crippen LogP contribution in [0.2, 0.25) is 5.02 Å². The summed E-state index contributed by atoms with van der Waals surface area (Å²) in [5, 5.41) is 3.75. The molecule has 0 unspecified atom stereocenters. The van der Waals surface area contributed by atoms with Crippen molar-refractivity contribution in [1.29, 1.82) is 0 Å². The molecule has 0 aromatic heterocycles. The number of halogens is 1. The molecule has 6 heteroatoms. The molecule has 0 heterocycles. The van der Waals surface area contributed by atoms with Gasteiger partial charge in [0.15, 0.2) is 9.84 Å². The van der Waals surface area contributed by atoms with Crippen molar-refractivity contribution in [1.82, 2.24) is 5.32 Å². The van der Waals surface area contributed by atoms with Gasteiger partial charge in [-0.1, -0.05) is 35.9 Å². The first-order valence-corrected chi connectivity index (χ1v) is 9.29. The van der Waals surface area contributed by atoms with E-state index >= 15 is 0 Å². The molecule has 0 bridgehead atoms. The van der Waals surface area contributed by atoms with E-state index in [4.69, 9.17) is 16.3 Å². The highest BCUT2D eigenvalue weighted by Crippen LogP contribution is 2.24. The van der Waals surface area contributed by atoms with Crippen LogP contribution in [0.5, 0.6) is 5.75 Å². The number of benzene rings is 2. The zero-order valence-corrected chi connectivity index (χ0v) is 14.7. The standard InChI is InChI=1S/C17H20ClNO3S/c1-13(12-23(20,21)15-6-4-3-5-7-15)19-11-14-8-9-17(22-2)16(18)10-14/h3-10,13,19H,11-12H2,1-2H3/t13-/m1/s1. The van der Waals surface area contributed by atoms with Gasteiger partial charge in [0.2, 0.25) is 0 Å². The summed E-state index contributed by atoms with van der Waals surface area (Å²) in [6.45, 7) is 2.39. The van der Waals surface area contributed by atoms with Gasteiger partial charge in [0.25, 0.3) is 0 Å². The van der Waals surface area contributed by atoms with Crippen LogP contribution in [-0.2, 0) is 16.4 Å². The van der Waals surface area contributed by atoms with Gasteiger partial charge < -0.3 is 10.1 Å². The summed E-state index contributed by atoms with van der Waals surface area (Å²) in [6, 6.07) is 13.8. The number of methoxy groups -OCH3 is 1. The van der Waals surface area contributed by atoms with Crippen LogP contribution in [0.1, 0.15) is 12.5 Å². The Morgan fingerprint density at radius 3 is 2.48 bits per heavy atom. The lowest BCUT2D eigenvalue weighted by Crippen LogP contribution is -2.32. The second-order valence-corrected chi connectivity index (χ2v) is 7.79. The maximum atomic E-state index is 12.3. The molecule has 0 amide bonds. The first-order valence-electron chi connectivity index (χ1n) is 7.26. The van der Waals surface area contributed by atoms with Crippen molar-refractivity contribution in [2.75, 3.05) is 12.9 Å². The number of nitrogens with one attached hydrogen (secondary N) is 1. The predicted octanol–water partition coefficient (Wildman–Crippen LogP) is 3.30. The first-order chi connectivity index (χ1) is 10.9. The summed E-state index contributed by atoms with van der Waals surface area (Å²) in [5.74, 6) is 0.663. The molecule has 0 saturated carbocycles. The monoisotopic (exact) mass is 353 g/mol. The third kappa shape index (κ3) is 4.96. The highest BCUT2D eigenvalue weighted by Gasteiger charge is 2.17. The number of ether oxygens (including phenoxy) is 1. The van der Waals surface area contributed by atoms with Crippen LogP contribution in [0.4, 0.5) is 0 Å². The molecule has 1 N–H and O–H groups in total. The van der Waals surface area contributed by atoms with Gasteiger partial charge in [0.05, 0.1) is 22.8 Å². The molecular weight excluding hydrogens is 334 g/mol.